The largest absolute Gasteiger partial charge is 0.490 e. The summed E-state index contributed by atoms with van der Waals surface area (Å²) in [6, 6.07) is 22.2. The van der Waals surface area contributed by atoms with Crippen LogP contribution in [0.4, 0.5) is 0 Å². The lowest BCUT2D eigenvalue weighted by molar-refractivity contribution is -0.140. The van der Waals surface area contributed by atoms with Crippen molar-refractivity contribution in [3.05, 3.63) is 102 Å². The zero-order valence-corrected chi connectivity index (χ0v) is 25.7. The van der Waals surface area contributed by atoms with Crippen LogP contribution in [-0.2, 0) is 37.5 Å². The van der Waals surface area contributed by atoms with Gasteiger partial charge in [-0.3, -0.25) is 15.0 Å². The Hall–Kier alpha value is -4.75. The summed E-state index contributed by atoms with van der Waals surface area (Å²) in [6.45, 7) is 1.13. The van der Waals surface area contributed by atoms with Crippen molar-refractivity contribution < 1.29 is 32.3 Å². The number of nitrogens with one attached hydrogen (secondary N) is 3. The second-order valence-electron chi connectivity index (χ2n) is 10.5. The van der Waals surface area contributed by atoms with Crippen molar-refractivity contribution >= 4 is 33.6 Å². The molecule has 2 amide bonds. The predicted molar refractivity (Wildman–Crippen MR) is 168 cm³/mol. The van der Waals surface area contributed by atoms with Gasteiger partial charge in [0, 0.05) is 19.0 Å². The van der Waals surface area contributed by atoms with Crippen LogP contribution in [0.25, 0.3) is 0 Å². The van der Waals surface area contributed by atoms with Crippen LogP contribution in [0.15, 0.2) is 84.9 Å². The molecule has 0 radical (unpaired) electrons. The van der Waals surface area contributed by atoms with E-state index in [-0.39, 0.29) is 49.0 Å². The number of nitrogens with zero attached hydrogens (tertiary/aromatic N) is 1. The Bertz CT molecular complexity index is 1600. The predicted octanol–water partition coefficient (Wildman–Crippen LogP) is 2.20. The lowest BCUT2D eigenvalue weighted by atomic mass is 10.0. The van der Waals surface area contributed by atoms with Crippen LogP contribution < -0.4 is 20.5 Å². The quantitative estimate of drug-likeness (QED) is 0.118. The first-order valence-corrected chi connectivity index (χ1v) is 16.1. The molecule has 1 heterocycles. The van der Waals surface area contributed by atoms with Crippen LogP contribution in [-0.4, -0.2) is 67.9 Å². The minimum Gasteiger partial charge on any atom is -0.490 e. The molecule has 238 valence electrons. The van der Waals surface area contributed by atoms with E-state index in [0.29, 0.717) is 0 Å². The van der Waals surface area contributed by atoms with Crippen molar-refractivity contribution in [2.45, 2.75) is 38.6 Å². The highest BCUT2D eigenvalue weighted by molar-refractivity contribution is 7.89. The van der Waals surface area contributed by atoms with Gasteiger partial charge in [-0.15, -0.1) is 0 Å². The zero-order chi connectivity index (χ0) is 32.4. The third-order valence-electron chi connectivity index (χ3n) is 7.36. The number of benzene rings is 3. The Balaban J connectivity index is 1.52. The molecule has 1 fully saturated rings. The number of carbonyl (C=O) groups excluding carboxylic acids is 3. The lowest BCUT2D eigenvalue weighted by Crippen LogP contribution is -2.55. The average molecular weight is 636 g/mol. The first-order valence-electron chi connectivity index (χ1n) is 14.5. The van der Waals surface area contributed by atoms with Gasteiger partial charge in [-0.25, -0.2) is 13.2 Å². The van der Waals surface area contributed by atoms with Crippen molar-refractivity contribution in [2.75, 3.05) is 18.9 Å². The highest BCUT2D eigenvalue weighted by Gasteiger charge is 2.43. The molecule has 45 heavy (non-hydrogen) atoms. The molecule has 0 aliphatic carbocycles. The molecule has 0 aromatic heterocycles. The number of hydrogen-bond acceptors (Lipinski definition) is 8. The normalized spacial score (nSPS) is 16.9. The summed E-state index contributed by atoms with van der Waals surface area (Å²) in [6.07, 6.45) is 0.103. The van der Waals surface area contributed by atoms with E-state index >= 15 is 0 Å². The van der Waals surface area contributed by atoms with Crippen LogP contribution in [0.5, 0.6) is 5.75 Å². The molecule has 0 saturated carbocycles. The molecule has 0 spiro atoms. The number of sulfonamides is 1. The molecule has 3 aromatic carbocycles. The Kier molecular flexibility index (Phi) is 11.3. The van der Waals surface area contributed by atoms with Crippen LogP contribution in [0, 0.1) is 11.3 Å². The van der Waals surface area contributed by atoms with E-state index in [9.17, 15) is 22.8 Å². The summed E-state index contributed by atoms with van der Waals surface area (Å²) < 4.78 is 39.0. The summed E-state index contributed by atoms with van der Waals surface area (Å²) in [5.41, 5.74) is 7.50. The summed E-state index contributed by atoms with van der Waals surface area (Å²) in [5, 5.41) is 10.8. The van der Waals surface area contributed by atoms with E-state index in [1.807, 2.05) is 60.7 Å². The summed E-state index contributed by atoms with van der Waals surface area (Å²) in [5.74, 6) is -2.84. The average Bonchev–Trinajstić information content (AvgIpc) is 3.51. The molecule has 12 nitrogen and oxygen atoms in total. The fourth-order valence-electron chi connectivity index (χ4n) is 4.85. The van der Waals surface area contributed by atoms with E-state index in [1.165, 1.54) is 24.0 Å². The maximum Gasteiger partial charge on any atom is 0.342 e. The maximum atomic E-state index is 13.9. The second kappa shape index (κ2) is 15.3. The number of esters is 1. The highest BCUT2D eigenvalue weighted by Crippen LogP contribution is 2.26. The summed E-state index contributed by atoms with van der Waals surface area (Å²) in [7, 11) is -3.91. The van der Waals surface area contributed by atoms with Gasteiger partial charge in [-0.2, -0.15) is 4.72 Å². The van der Waals surface area contributed by atoms with Gasteiger partial charge in [0.1, 0.15) is 36.6 Å². The van der Waals surface area contributed by atoms with E-state index in [2.05, 4.69) is 10.0 Å². The third-order valence-corrected chi connectivity index (χ3v) is 8.77. The van der Waals surface area contributed by atoms with Gasteiger partial charge in [-0.1, -0.05) is 72.8 Å². The molecule has 1 aliphatic rings. The van der Waals surface area contributed by atoms with E-state index in [4.69, 9.17) is 20.6 Å². The number of nitrogens with two attached hydrogens (primary N) is 1. The Morgan fingerprint density at radius 2 is 1.60 bits per heavy atom. The molecule has 4 rings (SSSR count). The van der Waals surface area contributed by atoms with Crippen molar-refractivity contribution in [3.8, 4) is 5.75 Å². The number of amides is 2. The van der Waals surface area contributed by atoms with Crippen LogP contribution >= 0.6 is 0 Å². The lowest BCUT2D eigenvalue weighted by Gasteiger charge is -2.28. The van der Waals surface area contributed by atoms with Crippen LogP contribution in [0.2, 0.25) is 0 Å². The fraction of sp³-hybridized carbons (Fsp3) is 0.312. The van der Waals surface area contributed by atoms with Crippen molar-refractivity contribution in [1.29, 1.82) is 5.41 Å². The van der Waals surface area contributed by atoms with Crippen LogP contribution in [0.3, 0.4) is 0 Å². The number of likely N-dealkylation sites (tertiary alicyclic amines) is 1. The van der Waals surface area contributed by atoms with Gasteiger partial charge in [0.25, 0.3) is 0 Å². The van der Waals surface area contributed by atoms with Gasteiger partial charge in [0.15, 0.2) is 0 Å². The van der Waals surface area contributed by atoms with Crippen molar-refractivity contribution in [1.82, 2.24) is 14.9 Å². The zero-order valence-electron chi connectivity index (χ0n) is 24.8. The number of rotatable bonds is 14. The van der Waals surface area contributed by atoms with Gasteiger partial charge in [0.2, 0.25) is 21.8 Å². The Morgan fingerprint density at radius 1 is 0.978 bits per heavy atom. The van der Waals surface area contributed by atoms with Gasteiger partial charge in [0.05, 0.1) is 11.6 Å². The first-order chi connectivity index (χ1) is 21.6. The summed E-state index contributed by atoms with van der Waals surface area (Å²) >= 11 is 0. The molecule has 3 atom stereocenters. The highest BCUT2D eigenvalue weighted by atomic mass is 32.2. The Morgan fingerprint density at radius 3 is 2.24 bits per heavy atom. The molecular formula is C32H37N5O7S. The standard InChI is InChI=1S/C32H37N5O7S/c1-2-45(41,42)36-26(21-43-28-16-10-9-15-25(28)32(40)44-20-23-13-7-4-8-14-23)31(39)37-19-24(29(33)34)17-27(37)30(38)35-18-22-11-5-3-6-12-22/h3-16,24,26-27,36H,2,17-21H2,1H3,(H3,33,34)(H,35,38)/t24?,26-,27+/m1/s1. The minimum absolute atomic E-state index is 0.0332. The number of ether oxygens (including phenoxy) is 2. The minimum atomic E-state index is -3.91. The van der Waals surface area contributed by atoms with Gasteiger partial charge < -0.3 is 25.4 Å². The Labute approximate surface area is 262 Å². The summed E-state index contributed by atoms with van der Waals surface area (Å²) in [4.78, 5) is 41.4. The van der Waals surface area contributed by atoms with Crippen LogP contribution in [0.1, 0.15) is 34.8 Å². The molecule has 0 bridgehead atoms. The van der Waals surface area contributed by atoms with E-state index < -0.39 is 52.4 Å². The monoisotopic (exact) mass is 635 g/mol. The first kappa shape index (κ1) is 33.1. The maximum absolute atomic E-state index is 13.9. The number of amidine groups is 1. The van der Waals surface area contributed by atoms with Crippen molar-refractivity contribution in [2.24, 2.45) is 11.7 Å². The topological polar surface area (TPSA) is 181 Å². The van der Waals surface area contributed by atoms with Gasteiger partial charge >= 0.3 is 5.97 Å². The number of para-hydroxylation sites is 1. The van der Waals surface area contributed by atoms with E-state index in [0.717, 1.165) is 11.1 Å². The third kappa shape index (κ3) is 9.13. The molecule has 5 N–H and O–H groups in total. The molecule has 13 heteroatoms. The fourth-order valence-corrected chi connectivity index (χ4v) is 5.62. The molecule has 1 aliphatic heterocycles. The molecule has 1 saturated heterocycles. The SMILES string of the molecule is CCS(=O)(=O)N[C@H](COc1ccccc1C(=O)OCc1ccccc1)C(=O)N1CC(C(=N)N)C[C@H]1C(=O)NCc1ccccc1. The second-order valence-corrected chi connectivity index (χ2v) is 12.6. The van der Waals surface area contributed by atoms with Crippen molar-refractivity contribution in [3.63, 3.8) is 0 Å². The molecular weight excluding hydrogens is 598 g/mol. The smallest absolute Gasteiger partial charge is 0.342 e. The van der Waals surface area contributed by atoms with Gasteiger partial charge in [-0.05, 0) is 36.6 Å². The number of hydrogen-bond donors (Lipinski definition) is 4. The van der Waals surface area contributed by atoms with E-state index in [1.54, 1.807) is 12.1 Å². The molecule has 1 unspecified atom stereocenters. The molecule has 3 aromatic rings. The number of carbonyl (C=O) groups is 3.